The molecule has 1 unspecified atom stereocenters. The number of sulfonamides is 1. The average molecular weight is 314 g/mol. The molecule has 1 aromatic carbocycles. The third kappa shape index (κ3) is 3.34. The first-order chi connectivity index (χ1) is 9.85. The van der Waals surface area contributed by atoms with Crippen LogP contribution >= 0.6 is 0 Å². The number of hydrogen-bond acceptors (Lipinski definition) is 5. The van der Waals surface area contributed by atoms with E-state index in [0.29, 0.717) is 18.4 Å². The van der Waals surface area contributed by atoms with E-state index in [1.807, 2.05) is 0 Å². The highest BCUT2D eigenvalue weighted by molar-refractivity contribution is 7.89. The van der Waals surface area contributed by atoms with E-state index < -0.39 is 15.8 Å². The van der Waals surface area contributed by atoms with Crippen LogP contribution in [0, 0.1) is 0 Å². The summed E-state index contributed by atoms with van der Waals surface area (Å²) in [6.45, 7) is 1.75. The van der Waals surface area contributed by atoms with Crippen LogP contribution in [0.1, 0.15) is 19.8 Å². The van der Waals surface area contributed by atoms with Crippen LogP contribution in [0.3, 0.4) is 0 Å². The van der Waals surface area contributed by atoms with Crippen LogP contribution < -0.4 is 10.5 Å². The highest BCUT2D eigenvalue weighted by Crippen LogP contribution is 2.18. The number of nitrogens with zero attached hydrogens (tertiary/aromatic N) is 1. The van der Waals surface area contributed by atoms with Crippen molar-refractivity contribution in [2.75, 3.05) is 6.61 Å². The molecule has 7 nitrogen and oxygen atoms in total. The molecule has 0 bridgehead atoms. The fourth-order valence-electron chi connectivity index (χ4n) is 2.07. The summed E-state index contributed by atoms with van der Waals surface area (Å²) in [5.74, 6) is -0.538. The maximum Gasteiger partial charge on any atom is 0.419 e. The summed E-state index contributed by atoms with van der Waals surface area (Å²) < 4.78 is 33.3. The van der Waals surface area contributed by atoms with E-state index in [-0.39, 0.29) is 23.1 Å². The van der Waals surface area contributed by atoms with E-state index in [2.05, 4.69) is 4.72 Å². The molecular formula is C13H18N2O5S. The molecule has 0 aliphatic rings. The number of hydrogen-bond donors (Lipinski definition) is 2. The third-order valence-corrected chi connectivity index (χ3v) is 4.81. The normalized spacial score (nSPS) is 13.7. The second kappa shape index (κ2) is 6.00. The number of aliphatic hydroxyl groups excluding tert-OH is 1. The number of aryl methyl sites for hydroxylation is 1. The van der Waals surface area contributed by atoms with Crippen molar-refractivity contribution in [3.63, 3.8) is 0 Å². The first kappa shape index (κ1) is 15.7. The second-order valence-electron chi connectivity index (χ2n) is 4.94. The molecule has 0 saturated carbocycles. The lowest BCUT2D eigenvalue weighted by atomic mass is 10.2. The summed E-state index contributed by atoms with van der Waals surface area (Å²) in [6.07, 6.45) is 1.06. The summed E-state index contributed by atoms with van der Waals surface area (Å²) in [7, 11) is -2.13. The molecular weight excluding hydrogens is 296 g/mol. The molecule has 0 amide bonds. The van der Waals surface area contributed by atoms with Gasteiger partial charge < -0.3 is 9.52 Å². The first-order valence-electron chi connectivity index (χ1n) is 6.58. The fourth-order valence-corrected chi connectivity index (χ4v) is 3.36. The van der Waals surface area contributed by atoms with Crippen LogP contribution in [0.5, 0.6) is 0 Å². The smallest absolute Gasteiger partial charge is 0.408 e. The Hall–Kier alpha value is -1.64. The summed E-state index contributed by atoms with van der Waals surface area (Å²) in [6, 6.07) is 4.00. The molecule has 116 valence electrons. The number of oxazole rings is 1. The lowest BCUT2D eigenvalue weighted by Crippen LogP contribution is -2.32. The highest BCUT2D eigenvalue weighted by Gasteiger charge is 2.19. The van der Waals surface area contributed by atoms with Crippen LogP contribution in [-0.2, 0) is 17.1 Å². The molecule has 8 heteroatoms. The Bertz CT molecular complexity index is 790. The molecule has 0 fully saturated rings. The Morgan fingerprint density at radius 3 is 2.81 bits per heavy atom. The van der Waals surface area contributed by atoms with Gasteiger partial charge in [-0.05, 0) is 31.9 Å². The molecule has 0 aliphatic heterocycles. The van der Waals surface area contributed by atoms with Gasteiger partial charge in [-0.3, -0.25) is 4.57 Å². The number of rotatable bonds is 6. The minimum absolute atomic E-state index is 0.0210. The van der Waals surface area contributed by atoms with Gasteiger partial charge in [0.15, 0.2) is 5.58 Å². The van der Waals surface area contributed by atoms with Gasteiger partial charge in [-0.25, -0.2) is 17.9 Å². The van der Waals surface area contributed by atoms with Gasteiger partial charge in [-0.15, -0.1) is 0 Å². The van der Waals surface area contributed by atoms with Crippen molar-refractivity contribution in [1.29, 1.82) is 0 Å². The molecule has 1 heterocycles. The molecule has 0 aliphatic carbocycles. The number of nitrogens with one attached hydrogen (secondary N) is 1. The molecule has 0 saturated heterocycles. The van der Waals surface area contributed by atoms with Gasteiger partial charge in [0.1, 0.15) is 0 Å². The summed E-state index contributed by atoms with van der Waals surface area (Å²) >= 11 is 0. The van der Waals surface area contributed by atoms with E-state index in [1.54, 1.807) is 14.0 Å². The van der Waals surface area contributed by atoms with Crippen LogP contribution in [0.25, 0.3) is 11.1 Å². The molecule has 2 aromatic rings. The van der Waals surface area contributed by atoms with Gasteiger partial charge in [0, 0.05) is 25.8 Å². The minimum atomic E-state index is -3.69. The Morgan fingerprint density at radius 2 is 2.14 bits per heavy atom. The summed E-state index contributed by atoms with van der Waals surface area (Å²) in [5.41, 5.74) is 0.765. The van der Waals surface area contributed by atoms with E-state index in [9.17, 15) is 13.2 Å². The first-order valence-corrected chi connectivity index (χ1v) is 8.06. The lowest BCUT2D eigenvalue weighted by Gasteiger charge is -2.13. The largest absolute Gasteiger partial charge is 0.419 e. The predicted molar refractivity (Wildman–Crippen MR) is 77.6 cm³/mol. The Morgan fingerprint density at radius 1 is 1.43 bits per heavy atom. The quantitative estimate of drug-likeness (QED) is 0.811. The summed E-state index contributed by atoms with van der Waals surface area (Å²) in [5, 5.41) is 8.76. The molecule has 2 rings (SSSR count). The van der Waals surface area contributed by atoms with Gasteiger partial charge in [-0.1, -0.05) is 0 Å². The van der Waals surface area contributed by atoms with Gasteiger partial charge in [0.05, 0.1) is 10.4 Å². The minimum Gasteiger partial charge on any atom is -0.408 e. The number of aliphatic hydroxyl groups is 1. The van der Waals surface area contributed by atoms with Crippen molar-refractivity contribution in [2.45, 2.75) is 30.7 Å². The third-order valence-electron chi connectivity index (χ3n) is 3.23. The number of aromatic nitrogens is 1. The van der Waals surface area contributed by atoms with Gasteiger partial charge in [0.2, 0.25) is 10.0 Å². The van der Waals surface area contributed by atoms with Crippen molar-refractivity contribution >= 4 is 21.1 Å². The topological polar surface area (TPSA) is 102 Å². The zero-order valence-electron chi connectivity index (χ0n) is 11.9. The van der Waals surface area contributed by atoms with E-state index in [0.717, 1.165) is 0 Å². The van der Waals surface area contributed by atoms with Crippen LogP contribution in [0.4, 0.5) is 0 Å². The summed E-state index contributed by atoms with van der Waals surface area (Å²) in [4.78, 5) is 11.4. The maximum atomic E-state index is 12.2. The molecule has 21 heavy (non-hydrogen) atoms. The predicted octanol–water partition coefficient (Wildman–Crippen LogP) is 0.571. The van der Waals surface area contributed by atoms with Crippen LogP contribution in [0.2, 0.25) is 0 Å². The fraction of sp³-hybridized carbons (Fsp3) is 0.462. The monoisotopic (exact) mass is 314 g/mol. The van der Waals surface area contributed by atoms with E-state index in [4.69, 9.17) is 9.52 Å². The molecule has 2 N–H and O–H groups in total. The SMILES string of the molecule is CC(CCCO)NS(=O)(=O)c1ccc2c(c1)oc(=O)n2C. The number of fused-ring (bicyclic) bond motifs is 1. The van der Waals surface area contributed by atoms with Crippen molar-refractivity contribution in [3.8, 4) is 0 Å². The highest BCUT2D eigenvalue weighted by atomic mass is 32.2. The molecule has 0 spiro atoms. The molecule has 0 radical (unpaired) electrons. The zero-order chi connectivity index (χ0) is 15.6. The van der Waals surface area contributed by atoms with E-state index >= 15 is 0 Å². The Balaban J connectivity index is 2.30. The molecule has 1 atom stereocenters. The van der Waals surface area contributed by atoms with Crippen molar-refractivity contribution in [2.24, 2.45) is 7.05 Å². The average Bonchev–Trinajstić information content (AvgIpc) is 2.71. The van der Waals surface area contributed by atoms with E-state index in [1.165, 1.54) is 22.8 Å². The van der Waals surface area contributed by atoms with Crippen molar-refractivity contribution in [3.05, 3.63) is 28.7 Å². The van der Waals surface area contributed by atoms with Gasteiger partial charge in [-0.2, -0.15) is 0 Å². The van der Waals surface area contributed by atoms with Gasteiger partial charge >= 0.3 is 5.76 Å². The Kier molecular flexibility index (Phi) is 4.50. The van der Waals surface area contributed by atoms with Crippen LogP contribution in [-0.4, -0.2) is 30.7 Å². The second-order valence-corrected chi connectivity index (χ2v) is 6.66. The number of benzene rings is 1. The van der Waals surface area contributed by atoms with Crippen LogP contribution in [0.15, 0.2) is 32.3 Å². The lowest BCUT2D eigenvalue weighted by molar-refractivity contribution is 0.279. The van der Waals surface area contributed by atoms with Crippen molar-refractivity contribution < 1.29 is 17.9 Å². The van der Waals surface area contributed by atoms with Crippen molar-refractivity contribution in [1.82, 2.24) is 9.29 Å². The standard InChI is InChI=1S/C13H18N2O5S/c1-9(4-3-7-16)14-21(18,19)10-5-6-11-12(8-10)20-13(17)15(11)2/h5-6,8-9,14,16H,3-4,7H2,1-2H3. The van der Waals surface area contributed by atoms with Gasteiger partial charge in [0.25, 0.3) is 0 Å². The zero-order valence-corrected chi connectivity index (χ0v) is 12.7. The Labute approximate surface area is 122 Å². The molecule has 1 aromatic heterocycles. The maximum absolute atomic E-state index is 12.2.